The van der Waals surface area contributed by atoms with E-state index in [0.29, 0.717) is 5.41 Å². The maximum atomic E-state index is 5.43. The highest BCUT2D eigenvalue weighted by atomic mass is 16.3. The van der Waals surface area contributed by atoms with E-state index < -0.39 is 0 Å². The Kier molecular flexibility index (Phi) is 3.84. The zero-order valence-corrected chi connectivity index (χ0v) is 11.5. The SMILES string of the molecule is Cc1ccoc1CNC(C)(C)CC(C)(C)C. The monoisotopic (exact) mass is 223 g/mol. The maximum absolute atomic E-state index is 5.43. The summed E-state index contributed by atoms with van der Waals surface area (Å²) < 4.78 is 5.43. The smallest absolute Gasteiger partial charge is 0.120 e. The van der Waals surface area contributed by atoms with Gasteiger partial charge >= 0.3 is 0 Å². The van der Waals surface area contributed by atoms with Crippen molar-refractivity contribution in [1.29, 1.82) is 0 Å². The maximum Gasteiger partial charge on any atom is 0.120 e. The summed E-state index contributed by atoms with van der Waals surface area (Å²) in [5, 5.41) is 3.57. The van der Waals surface area contributed by atoms with Crippen molar-refractivity contribution in [2.75, 3.05) is 0 Å². The van der Waals surface area contributed by atoms with Crippen LogP contribution in [0.15, 0.2) is 16.7 Å². The van der Waals surface area contributed by atoms with Crippen LogP contribution >= 0.6 is 0 Å². The van der Waals surface area contributed by atoms with E-state index in [4.69, 9.17) is 4.42 Å². The number of hydrogen-bond acceptors (Lipinski definition) is 2. The lowest BCUT2D eigenvalue weighted by atomic mass is 9.82. The van der Waals surface area contributed by atoms with E-state index in [2.05, 4.69) is 46.9 Å². The van der Waals surface area contributed by atoms with Gasteiger partial charge in [0.1, 0.15) is 5.76 Å². The predicted molar refractivity (Wildman–Crippen MR) is 68.4 cm³/mol. The van der Waals surface area contributed by atoms with Crippen molar-refractivity contribution in [3.05, 3.63) is 23.7 Å². The second-order valence-electron chi connectivity index (χ2n) is 6.50. The molecular formula is C14H25NO. The topological polar surface area (TPSA) is 25.2 Å². The zero-order chi connectivity index (χ0) is 12.4. The normalized spacial score (nSPS) is 13.1. The average molecular weight is 223 g/mol. The van der Waals surface area contributed by atoms with Gasteiger partial charge in [-0.2, -0.15) is 0 Å². The predicted octanol–water partition coefficient (Wildman–Crippen LogP) is 3.89. The van der Waals surface area contributed by atoms with Gasteiger partial charge in [-0.1, -0.05) is 20.8 Å². The van der Waals surface area contributed by atoms with Gasteiger partial charge in [0.25, 0.3) is 0 Å². The summed E-state index contributed by atoms with van der Waals surface area (Å²) in [5.74, 6) is 1.04. The van der Waals surface area contributed by atoms with Crippen LogP contribution in [0.5, 0.6) is 0 Å². The standard InChI is InChI=1S/C14H25NO/c1-11-7-8-16-12(11)9-15-14(5,6)10-13(2,3)4/h7-8,15H,9-10H2,1-6H3. The van der Waals surface area contributed by atoms with Crippen molar-refractivity contribution in [3.8, 4) is 0 Å². The third kappa shape index (κ3) is 4.40. The molecule has 2 heteroatoms. The van der Waals surface area contributed by atoms with E-state index in [1.165, 1.54) is 5.56 Å². The van der Waals surface area contributed by atoms with Crippen molar-refractivity contribution in [3.63, 3.8) is 0 Å². The molecule has 1 N–H and O–H groups in total. The van der Waals surface area contributed by atoms with E-state index in [-0.39, 0.29) is 5.54 Å². The van der Waals surface area contributed by atoms with Crippen molar-refractivity contribution >= 4 is 0 Å². The first-order valence-electron chi connectivity index (χ1n) is 5.98. The number of rotatable bonds is 4. The zero-order valence-electron chi connectivity index (χ0n) is 11.5. The lowest BCUT2D eigenvalue weighted by Crippen LogP contribution is -2.41. The van der Waals surface area contributed by atoms with Crippen LogP contribution in [0.4, 0.5) is 0 Å². The molecule has 0 atom stereocenters. The van der Waals surface area contributed by atoms with Crippen LogP contribution in [0.25, 0.3) is 0 Å². The average Bonchev–Trinajstić information content (AvgIpc) is 2.43. The summed E-state index contributed by atoms with van der Waals surface area (Å²) in [5.41, 5.74) is 1.70. The fourth-order valence-corrected chi connectivity index (χ4v) is 2.29. The Bertz CT molecular complexity index is 331. The first-order valence-corrected chi connectivity index (χ1v) is 5.98. The van der Waals surface area contributed by atoms with Crippen LogP contribution in [-0.4, -0.2) is 5.54 Å². The molecule has 1 aromatic heterocycles. The lowest BCUT2D eigenvalue weighted by Gasteiger charge is -2.33. The highest BCUT2D eigenvalue weighted by molar-refractivity contribution is 5.14. The van der Waals surface area contributed by atoms with Gasteiger partial charge in [-0.3, -0.25) is 0 Å². The molecule has 0 amide bonds. The molecule has 1 heterocycles. The van der Waals surface area contributed by atoms with Gasteiger partial charge < -0.3 is 9.73 Å². The first-order chi connectivity index (χ1) is 7.20. The van der Waals surface area contributed by atoms with Crippen molar-refractivity contribution in [2.24, 2.45) is 5.41 Å². The number of hydrogen-bond donors (Lipinski definition) is 1. The molecule has 0 radical (unpaired) electrons. The minimum absolute atomic E-state index is 0.136. The molecule has 0 aliphatic carbocycles. The van der Waals surface area contributed by atoms with Gasteiger partial charge in [-0.25, -0.2) is 0 Å². The number of furan rings is 1. The van der Waals surface area contributed by atoms with Gasteiger partial charge in [0, 0.05) is 5.54 Å². The van der Waals surface area contributed by atoms with Crippen LogP contribution < -0.4 is 5.32 Å². The van der Waals surface area contributed by atoms with Gasteiger partial charge in [0.05, 0.1) is 12.8 Å². The molecule has 2 nitrogen and oxygen atoms in total. The van der Waals surface area contributed by atoms with E-state index in [1.807, 2.05) is 6.07 Å². The summed E-state index contributed by atoms with van der Waals surface area (Å²) in [4.78, 5) is 0. The summed E-state index contributed by atoms with van der Waals surface area (Å²) in [7, 11) is 0. The third-order valence-corrected chi connectivity index (χ3v) is 2.67. The summed E-state index contributed by atoms with van der Waals surface area (Å²) in [6, 6.07) is 2.01. The number of aryl methyl sites for hydroxylation is 1. The highest BCUT2D eigenvalue weighted by Crippen LogP contribution is 2.27. The van der Waals surface area contributed by atoms with Gasteiger partial charge in [0.15, 0.2) is 0 Å². The summed E-state index contributed by atoms with van der Waals surface area (Å²) in [6.45, 7) is 14.2. The molecule has 0 saturated heterocycles. The quantitative estimate of drug-likeness (QED) is 0.837. The Morgan fingerprint density at radius 1 is 1.19 bits per heavy atom. The molecule has 92 valence electrons. The highest BCUT2D eigenvalue weighted by Gasteiger charge is 2.25. The second-order valence-corrected chi connectivity index (χ2v) is 6.50. The van der Waals surface area contributed by atoms with E-state index >= 15 is 0 Å². The molecule has 1 rings (SSSR count). The van der Waals surface area contributed by atoms with Gasteiger partial charge in [0.2, 0.25) is 0 Å². The summed E-state index contributed by atoms with van der Waals surface area (Å²) in [6.07, 6.45) is 2.89. The molecule has 0 aliphatic rings. The second kappa shape index (κ2) is 4.62. The minimum Gasteiger partial charge on any atom is -0.468 e. The molecule has 0 aliphatic heterocycles. The molecule has 0 saturated carbocycles. The van der Waals surface area contributed by atoms with Crippen molar-refractivity contribution in [1.82, 2.24) is 5.32 Å². The fourth-order valence-electron chi connectivity index (χ4n) is 2.29. The molecule has 16 heavy (non-hydrogen) atoms. The lowest BCUT2D eigenvalue weighted by molar-refractivity contribution is 0.235. The Morgan fingerprint density at radius 3 is 2.25 bits per heavy atom. The Balaban J connectivity index is 2.51. The van der Waals surface area contributed by atoms with E-state index in [0.717, 1.165) is 18.7 Å². The van der Waals surface area contributed by atoms with E-state index in [1.54, 1.807) is 6.26 Å². The molecule has 0 fully saturated rings. The van der Waals surface area contributed by atoms with Gasteiger partial charge in [-0.15, -0.1) is 0 Å². The van der Waals surface area contributed by atoms with E-state index in [9.17, 15) is 0 Å². The van der Waals surface area contributed by atoms with Crippen LogP contribution in [0.1, 0.15) is 52.4 Å². The summed E-state index contributed by atoms with van der Waals surface area (Å²) >= 11 is 0. The molecule has 1 aromatic rings. The van der Waals surface area contributed by atoms with Gasteiger partial charge in [-0.05, 0) is 44.2 Å². The molecule has 0 unspecified atom stereocenters. The Hall–Kier alpha value is -0.760. The van der Waals surface area contributed by atoms with Crippen LogP contribution in [0, 0.1) is 12.3 Å². The molecular weight excluding hydrogens is 198 g/mol. The Morgan fingerprint density at radius 2 is 1.81 bits per heavy atom. The first kappa shape index (κ1) is 13.3. The number of nitrogens with one attached hydrogen (secondary N) is 1. The van der Waals surface area contributed by atoms with Crippen molar-refractivity contribution < 1.29 is 4.42 Å². The minimum atomic E-state index is 0.136. The Labute approximate surface area is 99.4 Å². The van der Waals surface area contributed by atoms with Crippen molar-refractivity contribution in [2.45, 2.75) is 60.0 Å². The molecule has 0 bridgehead atoms. The van der Waals surface area contributed by atoms with Crippen LogP contribution in [0.3, 0.4) is 0 Å². The fraction of sp³-hybridized carbons (Fsp3) is 0.714. The third-order valence-electron chi connectivity index (χ3n) is 2.67. The largest absolute Gasteiger partial charge is 0.468 e. The van der Waals surface area contributed by atoms with Crippen LogP contribution in [-0.2, 0) is 6.54 Å². The molecule has 0 aromatic carbocycles. The van der Waals surface area contributed by atoms with Crippen LogP contribution in [0.2, 0.25) is 0 Å². The molecule has 0 spiro atoms.